The van der Waals surface area contributed by atoms with E-state index in [1.807, 2.05) is 6.92 Å². The quantitative estimate of drug-likeness (QED) is 0.168. The number of carbonyl (C=O) groups is 1. The van der Waals surface area contributed by atoms with Crippen LogP contribution in [-0.2, 0) is 9.53 Å². The van der Waals surface area contributed by atoms with Crippen molar-refractivity contribution >= 4 is 17.7 Å². The minimum Gasteiger partial charge on any atom is -0.459 e. The molecule has 0 rings (SSSR count). The highest BCUT2D eigenvalue weighted by Crippen LogP contribution is 2.54. The number of esters is 1. The van der Waals surface area contributed by atoms with Crippen molar-refractivity contribution in [1.82, 2.24) is 0 Å². The highest BCUT2D eigenvalue weighted by molar-refractivity contribution is 8.00. The lowest BCUT2D eigenvalue weighted by atomic mass is 10.00. The second-order valence-corrected chi connectivity index (χ2v) is 9.15. The lowest BCUT2D eigenvalue weighted by molar-refractivity contribution is -0.396. The van der Waals surface area contributed by atoms with Gasteiger partial charge in [0, 0.05) is 6.42 Å². The van der Waals surface area contributed by atoms with Crippen molar-refractivity contribution in [2.24, 2.45) is 0 Å². The van der Waals surface area contributed by atoms with Crippen molar-refractivity contribution in [3.63, 3.8) is 0 Å². The summed E-state index contributed by atoms with van der Waals surface area (Å²) in [5, 5.41) is -0.790. The summed E-state index contributed by atoms with van der Waals surface area (Å²) in [5.41, 5.74) is -0.821. The van der Waals surface area contributed by atoms with Crippen LogP contribution in [0.15, 0.2) is 0 Å². The third kappa shape index (κ3) is 8.03. The molecule has 0 saturated carbocycles. The number of halogens is 9. The van der Waals surface area contributed by atoms with Crippen molar-refractivity contribution in [3.05, 3.63) is 0 Å². The standard InChI is InChI=1S/C18H27F9O2S/c1-5-6-7-9-12(13(28)29-14(2,3)4)30-11-8-10-15(19,20)16(21,22)17(23,24)18(25,26)27/h12H,5-11H2,1-4H3. The molecule has 0 aliphatic carbocycles. The highest BCUT2D eigenvalue weighted by Gasteiger charge is 2.81. The first-order chi connectivity index (χ1) is 13.3. The number of hydrogen-bond donors (Lipinski definition) is 0. The first-order valence-corrected chi connectivity index (χ1v) is 10.4. The van der Waals surface area contributed by atoms with Crippen LogP contribution in [0.4, 0.5) is 39.5 Å². The van der Waals surface area contributed by atoms with E-state index in [0.717, 1.165) is 24.6 Å². The summed E-state index contributed by atoms with van der Waals surface area (Å²) in [5.74, 6) is -20.0. The van der Waals surface area contributed by atoms with Gasteiger partial charge in [-0.05, 0) is 39.4 Å². The van der Waals surface area contributed by atoms with Gasteiger partial charge in [-0.1, -0.05) is 26.2 Å². The number of carbonyl (C=O) groups excluding carboxylic acids is 1. The Bertz CT molecular complexity index is 543. The average molecular weight is 478 g/mol. The average Bonchev–Trinajstić information content (AvgIpc) is 2.53. The molecule has 0 saturated heterocycles. The maximum Gasteiger partial charge on any atom is 0.460 e. The molecule has 0 aliphatic heterocycles. The molecule has 0 bridgehead atoms. The third-order valence-electron chi connectivity index (χ3n) is 3.90. The number of unbranched alkanes of at least 4 members (excludes halogenated alkanes) is 2. The van der Waals surface area contributed by atoms with E-state index in [1.54, 1.807) is 20.8 Å². The fourth-order valence-electron chi connectivity index (χ4n) is 2.30. The van der Waals surface area contributed by atoms with Gasteiger partial charge in [0.2, 0.25) is 0 Å². The Labute approximate surface area is 174 Å². The van der Waals surface area contributed by atoms with E-state index in [-0.39, 0.29) is 5.75 Å². The molecular weight excluding hydrogens is 451 g/mol. The van der Waals surface area contributed by atoms with Gasteiger partial charge >= 0.3 is 29.9 Å². The molecule has 0 heterocycles. The molecule has 0 spiro atoms. The fourth-order valence-corrected chi connectivity index (χ4v) is 3.41. The summed E-state index contributed by atoms with van der Waals surface area (Å²) in [4.78, 5) is 12.2. The van der Waals surface area contributed by atoms with Crippen molar-refractivity contribution in [3.8, 4) is 0 Å². The van der Waals surface area contributed by atoms with Crippen LogP contribution in [-0.4, -0.2) is 46.5 Å². The third-order valence-corrected chi connectivity index (χ3v) is 5.26. The van der Waals surface area contributed by atoms with E-state index in [9.17, 15) is 44.3 Å². The zero-order valence-corrected chi connectivity index (χ0v) is 18.0. The summed E-state index contributed by atoms with van der Waals surface area (Å²) in [7, 11) is 0. The second kappa shape index (κ2) is 10.7. The normalized spacial score (nSPS) is 15.2. The van der Waals surface area contributed by atoms with E-state index in [1.165, 1.54) is 0 Å². The van der Waals surface area contributed by atoms with Crippen molar-refractivity contribution in [2.45, 2.75) is 101 Å². The van der Waals surface area contributed by atoms with Gasteiger partial charge in [-0.2, -0.15) is 39.5 Å². The lowest BCUT2D eigenvalue weighted by Gasteiger charge is -2.33. The minimum atomic E-state index is -6.88. The van der Waals surface area contributed by atoms with Crippen molar-refractivity contribution < 1.29 is 49.0 Å². The zero-order valence-electron chi connectivity index (χ0n) is 17.2. The van der Waals surface area contributed by atoms with E-state index in [4.69, 9.17) is 4.74 Å². The molecule has 0 amide bonds. The first-order valence-electron chi connectivity index (χ1n) is 9.35. The summed E-state index contributed by atoms with van der Waals surface area (Å²) in [6, 6.07) is 0. The summed E-state index contributed by atoms with van der Waals surface area (Å²) in [6.07, 6.45) is -6.97. The van der Waals surface area contributed by atoms with Gasteiger partial charge in [-0.25, -0.2) is 0 Å². The van der Waals surface area contributed by atoms with Gasteiger partial charge in [0.15, 0.2) is 0 Å². The molecule has 1 atom stereocenters. The van der Waals surface area contributed by atoms with Gasteiger partial charge in [0.1, 0.15) is 10.9 Å². The van der Waals surface area contributed by atoms with Crippen LogP contribution in [0.25, 0.3) is 0 Å². The van der Waals surface area contributed by atoms with E-state index >= 15 is 0 Å². The number of rotatable bonds is 12. The van der Waals surface area contributed by atoms with E-state index in [2.05, 4.69) is 0 Å². The molecule has 30 heavy (non-hydrogen) atoms. The Hall–Kier alpha value is -0.810. The van der Waals surface area contributed by atoms with Crippen LogP contribution in [0, 0.1) is 0 Å². The summed E-state index contributed by atoms with van der Waals surface area (Å²) < 4.78 is 121. The highest BCUT2D eigenvalue weighted by atomic mass is 32.2. The number of ether oxygens (including phenoxy) is 1. The molecule has 1 unspecified atom stereocenters. The maximum absolute atomic E-state index is 13.6. The first kappa shape index (κ1) is 29.2. The molecular formula is C18H27F9O2S. The predicted octanol–water partition coefficient (Wildman–Crippen LogP) is 7.26. The molecule has 180 valence electrons. The summed E-state index contributed by atoms with van der Waals surface area (Å²) >= 11 is 0.823. The Morgan fingerprint density at radius 1 is 0.867 bits per heavy atom. The zero-order chi connectivity index (χ0) is 24.0. The molecule has 0 N–H and O–H groups in total. The monoisotopic (exact) mass is 478 g/mol. The fraction of sp³-hybridized carbons (Fsp3) is 0.944. The molecule has 0 aliphatic rings. The predicted molar refractivity (Wildman–Crippen MR) is 96.4 cm³/mol. The van der Waals surface area contributed by atoms with Gasteiger partial charge in [-0.3, -0.25) is 4.79 Å². The number of hydrogen-bond acceptors (Lipinski definition) is 3. The largest absolute Gasteiger partial charge is 0.460 e. The van der Waals surface area contributed by atoms with Gasteiger partial charge < -0.3 is 4.74 Å². The van der Waals surface area contributed by atoms with Crippen LogP contribution in [0.1, 0.15) is 66.2 Å². The Morgan fingerprint density at radius 2 is 1.40 bits per heavy atom. The number of alkyl halides is 9. The van der Waals surface area contributed by atoms with Crippen LogP contribution in [0.2, 0.25) is 0 Å². The van der Waals surface area contributed by atoms with Crippen LogP contribution >= 0.6 is 11.8 Å². The SMILES string of the molecule is CCCCCC(SCCCC(F)(F)C(F)(F)C(F)(F)C(F)(F)F)C(=O)OC(C)(C)C. The Morgan fingerprint density at radius 3 is 1.83 bits per heavy atom. The van der Waals surface area contributed by atoms with E-state index in [0.29, 0.717) is 12.8 Å². The molecule has 0 aromatic heterocycles. The topological polar surface area (TPSA) is 26.3 Å². The van der Waals surface area contributed by atoms with Crippen LogP contribution in [0.5, 0.6) is 0 Å². The Balaban J connectivity index is 5.00. The van der Waals surface area contributed by atoms with Crippen LogP contribution in [0.3, 0.4) is 0 Å². The smallest absolute Gasteiger partial charge is 0.459 e. The molecule has 0 aromatic rings. The van der Waals surface area contributed by atoms with Crippen LogP contribution < -0.4 is 0 Å². The van der Waals surface area contributed by atoms with E-state index < -0.39 is 53.6 Å². The summed E-state index contributed by atoms with van der Waals surface area (Å²) in [6.45, 7) is 6.75. The second-order valence-electron chi connectivity index (χ2n) is 7.84. The van der Waals surface area contributed by atoms with Crippen molar-refractivity contribution in [2.75, 3.05) is 5.75 Å². The maximum atomic E-state index is 13.6. The molecule has 12 heteroatoms. The molecule has 2 nitrogen and oxygen atoms in total. The van der Waals surface area contributed by atoms with Gasteiger partial charge in [-0.15, -0.1) is 11.8 Å². The molecule has 0 aromatic carbocycles. The lowest BCUT2D eigenvalue weighted by Crippen LogP contribution is -2.60. The van der Waals surface area contributed by atoms with Gasteiger partial charge in [0.25, 0.3) is 0 Å². The Kier molecular flexibility index (Phi) is 10.4. The van der Waals surface area contributed by atoms with Crippen molar-refractivity contribution in [1.29, 1.82) is 0 Å². The minimum absolute atomic E-state index is 0.320. The van der Waals surface area contributed by atoms with Gasteiger partial charge in [0.05, 0.1) is 0 Å². The molecule has 0 fully saturated rings. The molecule has 0 radical (unpaired) electrons. The number of thioether (sulfide) groups is 1.